The maximum absolute atomic E-state index is 10.7. The average Bonchev–Trinajstić information content (AvgIpc) is 2.35. The van der Waals surface area contributed by atoms with Crippen molar-refractivity contribution < 1.29 is 17.7 Å². The van der Waals surface area contributed by atoms with Crippen molar-refractivity contribution in [2.24, 2.45) is 0 Å². The summed E-state index contributed by atoms with van der Waals surface area (Å²) < 4.78 is 22.0. The summed E-state index contributed by atoms with van der Waals surface area (Å²) >= 11 is -2.58. The predicted molar refractivity (Wildman–Crippen MR) is 34.8 cm³/mol. The Morgan fingerprint density at radius 3 is 3.00 bits per heavy atom. The number of carbonyl (C=O) groups excluding carboxylic acids is 1. The molecule has 0 aromatic carbocycles. The van der Waals surface area contributed by atoms with E-state index in [2.05, 4.69) is 14.4 Å². The molecule has 1 heterocycles. The lowest BCUT2D eigenvalue weighted by Gasteiger charge is -1.92. The standard InChI is InChI=1S/C4H4N2O4S/c7-4(10-11(8)9)3-1-2-5-6-3/h1-2H,(H,5,6)(H,8,9). The highest BCUT2D eigenvalue weighted by atomic mass is 32.2. The van der Waals surface area contributed by atoms with Crippen molar-refractivity contribution in [1.29, 1.82) is 0 Å². The van der Waals surface area contributed by atoms with Gasteiger partial charge in [-0.3, -0.25) is 9.65 Å². The molecule has 7 heteroatoms. The smallest absolute Gasteiger partial charge is 0.338 e. The summed E-state index contributed by atoms with van der Waals surface area (Å²) in [6, 6.07) is 1.33. The highest BCUT2D eigenvalue weighted by molar-refractivity contribution is 7.74. The maximum Gasteiger partial charge on any atom is 0.371 e. The number of hydrogen-bond donors (Lipinski definition) is 2. The van der Waals surface area contributed by atoms with Gasteiger partial charge in [-0.2, -0.15) is 9.31 Å². The number of aromatic amines is 1. The molecule has 0 aliphatic heterocycles. The minimum Gasteiger partial charge on any atom is -0.338 e. The molecule has 0 aliphatic carbocycles. The van der Waals surface area contributed by atoms with Crippen LogP contribution < -0.4 is 0 Å². The van der Waals surface area contributed by atoms with Crippen LogP contribution >= 0.6 is 0 Å². The first-order valence-electron chi connectivity index (χ1n) is 2.53. The molecular weight excluding hydrogens is 172 g/mol. The van der Waals surface area contributed by atoms with Crippen molar-refractivity contribution in [1.82, 2.24) is 10.2 Å². The molecule has 1 unspecified atom stereocenters. The Balaban J connectivity index is 2.64. The molecule has 1 aromatic rings. The van der Waals surface area contributed by atoms with Crippen LogP contribution in [0.15, 0.2) is 12.3 Å². The molecule has 0 amide bonds. The van der Waals surface area contributed by atoms with Crippen LogP contribution in [-0.4, -0.2) is 24.9 Å². The molecule has 0 aliphatic rings. The Hall–Kier alpha value is -1.21. The van der Waals surface area contributed by atoms with E-state index in [0.29, 0.717) is 0 Å². The molecule has 0 spiro atoms. The van der Waals surface area contributed by atoms with Crippen molar-refractivity contribution in [3.8, 4) is 0 Å². The topological polar surface area (TPSA) is 92.3 Å². The second-order valence-electron chi connectivity index (χ2n) is 1.56. The highest BCUT2D eigenvalue weighted by Gasteiger charge is 2.10. The van der Waals surface area contributed by atoms with Gasteiger partial charge in [-0.05, 0) is 6.07 Å². The third-order valence-electron chi connectivity index (χ3n) is 0.868. The number of nitrogens with zero attached hydrogens (tertiary/aromatic N) is 1. The van der Waals surface area contributed by atoms with Gasteiger partial charge in [0.05, 0.1) is 0 Å². The van der Waals surface area contributed by atoms with Crippen LogP contribution in [-0.2, 0) is 15.5 Å². The van der Waals surface area contributed by atoms with Crippen molar-refractivity contribution in [2.75, 3.05) is 0 Å². The Bertz CT molecular complexity index is 270. The molecule has 1 aromatic heterocycles. The van der Waals surface area contributed by atoms with Gasteiger partial charge in [0, 0.05) is 6.20 Å². The molecule has 0 fully saturated rings. The quantitative estimate of drug-likeness (QED) is 0.603. The number of carbonyl (C=O) groups is 1. The number of rotatable bonds is 2. The van der Waals surface area contributed by atoms with Gasteiger partial charge >= 0.3 is 17.3 Å². The minimum atomic E-state index is -2.58. The van der Waals surface area contributed by atoms with E-state index in [1.807, 2.05) is 0 Å². The van der Waals surface area contributed by atoms with Crippen LogP contribution in [0.3, 0.4) is 0 Å². The normalized spacial score (nSPS) is 12.5. The summed E-state index contributed by atoms with van der Waals surface area (Å²) in [4.78, 5) is 10.7. The monoisotopic (exact) mass is 176 g/mol. The van der Waals surface area contributed by atoms with Gasteiger partial charge < -0.3 is 4.18 Å². The second-order valence-corrected chi connectivity index (χ2v) is 2.16. The molecule has 6 nitrogen and oxygen atoms in total. The van der Waals surface area contributed by atoms with Gasteiger partial charge in [-0.15, -0.1) is 0 Å². The van der Waals surface area contributed by atoms with Crippen LogP contribution in [0.25, 0.3) is 0 Å². The van der Waals surface area contributed by atoms with Crippen LogP contribution in [0.2, 0.25) is 0 Å². The average molecular weight is 176 g/mol. The first kappa shape index (κ1) is 7.89. The van der Waals surface area contributed by atoms with Gasteiger partial charge in [0.25, 0.3) is 0 Å². The van der Waals surface area contributed by atoms with Crippen molar-refractivity contribution in [2.45, 2.75) is 0 Å². The van der Waals surface area contributed by atoms with E-state index >= 15 is 0 Å². The van der Waals surface area contributed by atoms with Gasteiger partial charge in [0.1, 0.15) is 5.69 Å². The molecule has 1 atom stereocenters. The van der Waals surface area contributed by atoms with Gasteiger partial charge in [0.15, 0.2) is 0 Å². The van der Waals surface area contributed by atoms with E-state index in [4.69, 9.17) is 4.55 Å². The van der Waals surface area contributed by atoms with E-state index in [1.165, 1.54) is 12.3 Å². The number of hydrogen-bond acceptors (Lipinski definition) is 4. The first-order chi connectivity index (χ1) is 5.20. The van der Waals surface area contributed by atoms with Crippen LogP contribution in [0.5, 0.6) is 0 Å². The molecular formula is C4H4N2O4S. The van der Waals surface area contributed by atoms with Crippen molar-refractivity contribution >= 4 is 17.3 Å². The lowest BCUT2D eigenvalue weighted by molar-refractivity contribution is 0.0737. The molecule has 0 radical (unpaired) electrons. The molecule has 0 saturated carbocycles. The van der Waals surface area contributed by atoms with Crippen LogP contribution in [0.1, 0.15) is 10.5 Å². The van der Waals surface area contributed by atoms with Gasteiger partial charge in [-0.1, -0.05) is 0 Å². The minimum absolute atomic E-state index is 0.0346. The molecule has 0 saturated heterocycles. The Morgan fingerprint density at radius 2 is 2.55 bits per heavy atom. The van der Waals surface area contributed by atoms with E-state index in [0.717, 1.165) is 0 Å². The first-order valence-corrected chi connectivity index (χ1v) is 3.56. The van der Waals surface area contributed by atoms with Crippen molar-refractivity contribution in [3.05, 3.63) is 18.0 Å². The Labute approximate surface area is 64.1 Å². The largest absolute Gasteiger partial charge is 0.371 e. The Morgan fingerprint density at radius 1 is 1.82 bits per heavy atom. The molecule has 0 bridgehead atoms. The fourth-order valence-electron chi connectivity index (χ4n) is 0.479. The molecule has 1 rings (SSSR count). The third-order valence-corrected chi connectivity index (χ3v) is 1.16. The zero-order chi connectivity index (χ0) is 8.27. The lowest BCUT2D eigenvalue weighted by atomic mass is 10.5. The fraction of sp³-hybridized carbons (Fsp3) is 0. The number of H-pyrrole nitrogens is 1. The molecule has 60 valence electrons. The molecule has 2 N–H and O–H groups in total. The SMILES string of the molecule is O=C(OS(=O)O)c1ccn[nH]1. The Kier molecular flexibility index (Phi) is 2.34. The van der Waals surface area contributed by atoms with E-state index in [9.17, 15) is 9.00 Å². The molecule has 11 heavy (non-hydrogen) atoms. The van der Waals surface area contributed by atoms with E-state index in [1.54, 1.807) is 0 Å². The zero-order valence-electron chi connectivity index (χ0n) is 5.18. The lowest BCUT2D eigenvalue weighted by Crippen LogP contribution is -2.07. The van der Waals surface area contributed by atoms with Gasteiger partial charge in [0.2, 0.25) is 0 Å². The fourth-order valence-corrected chi connectivity index (χ4v) is 0.698. The highest BCUT2D eigenvalue weighted by Crippen LogP contribution is 1.95. The summed E-state index contributed by atoms with van der Waals surface area (Å²) in [5.41, 5.74) is 0.0346. The van der Waals surface area contributed by atoms with Crippen molar-refractivity contribution in [3.63, 3.8) is 0 Å². The van der Waals surface area contributed by atoms with Gasteiger partial charge in [-0.25, -0.2) is 4.79 Å². The zero-order valence-corrected chi connectivity index (χ0v) is 6.00. The summed E-state index contributed by atoms with van der Waals surface area (Å²) in [6.45, 7) is 0. The number of nitrogens with one attached hydrogen (secondary N) is 1. The third kappa shape index (κ3) is 2.13. The summed E-state index contributed by atoms with van der Waals surface area (Å²) in [5.74, 6) is -0.914. The van der Waals surface area contributed by atoms with Crippen LogP contribution in [0.4, 0.5) is 0 Å². The number of aromatic nitrogens is 2. The second kappa shape index (κ2) is 3.26. The van der Waals surface area contributed by atoms with Crippen LogP contribution in [0, 0.1) is 0 Å². The predicted octanol–water partition coefficient (Wildman–Crippen LogP) is -0.297. The maximum atomic E-state index is 10.7. The summed E-state index contributed by atoms with van der Waals surface area (Å²) in [5, 5.41) is 5.72. The summed E-state index contributed by atoms with van der Waals surface area (Å²) in [6.07, 6.45) is 1.33. The van der Waals surface area contributed by atoms with E-state index < -0.39 is 17.3 Å². The summed E-state index contributed by atoms with van der Waals surface area (Å²) in [7, 11) is 0. The van der Waals surface area contributed by atoms with E-state index in [-0.39, 0.29) is 5.69 Å².